The number of amidine groups is 1. The first-order valence-corrected chi connectivity index (χ1v) is 8.55. The molecule has 1 heterocycles. The standard InChI is InChI=1S/C17H16N6S/c1-11-4-6-13(7-5-11)23-21-15-8-12(2)14(9-16(15)22-23)20-17(24-3)19-10-18/h4-9H,1-3H3,(H,19,20). The molecule has 7 heteroatoms. The molecular formula is C17H16N6S. The van der Waals surface area contributed by atoms with E-state index < -0.39 is 0 Å². The number of nitriles is 1. The minimum absolute atomic E-state index is 0.547. The quantitative estimate of drug-likeness (QED) is 0.335. The third-order valence-corrected chi connectivity index (χ3v) is 4.12. The molecule has 0 aliphatic heterocycles. The van der Waals surface area contributed by atoms with Crippen LogP contribution in [0.3, 0.4) is 0 Å². The fourth-order valence-corrected chi connectivity index (χ4v) is 2.59. The molecule has 2 aromatic carbocycles. The van der Waals surface area contributed by atoms with Crippen LogP contribution in [-0.4, -0.2) is 26.4 Å². The van der Waals surface area contributed by atoms with Crippen molar-refractivity contribution in [1.29, 1.82) is 5.26 Å². The molecule has 3 aromatic rings. The zero-order valence-electron chi connectivity index (χ0n) is 13.6. The molecule has 120 valence electrons. The van der Waals surface area contributed by atoms with Crippen molar-refractivity contribution in [3.8, 4) is 11.9 Å². The smallest absolute Gasteiger partial charge is 0.183 e. The monoisotopic (exact) mass is 336 g/mol. The van der Waals surface area contributed by atoms with Gasteiger partial charge in [0.2, 0.25) is 0 Å². The Labute approximate surface area is 144 Å². The van der Waals surface area contributed by atoms with Gasteiger partial charge >= 0.3 is 0 Å². The summed E-state index contributed by atoms with van der Waals surface area (Å²) >= 11 is 1.38. The van der Waals surface area contributed by atoms with E-state index in [-0.39, 0.29) is 0 Å². The highest BCUT2D eigenvalue weighted by Crippen LogP contribution is 2.25. The van der Waals surface area contributed by atoms with Crippen molar-refractivity contribution < 1.29 is 0 Å². The maximum absolute atomic E-state index is 8.75. The van der Waals surface area contributed by atoms with Crippen molar-refractivity contribution >= 4 is 33.7 Å². The molecule has 0 radical (unpaired) electrons. The highest BCUT2D eigenvalue weighted by atomic mass is 32.2. The Balaban J connectivity index is 2.05. The fraction of sp³-hybridized carbons (Fsp3) is 0.176. The highest BCUT2D eigenvalue weighted by Gasteiger charge is 2.09. The number of hydrogen-bond donors (Lipinski definition) is 1. The van der Waals surface area contributed by atoms with Gasteiger partial charge in [-0.3, -0.25) is 5.32 Å². The number of aliphatic imine (C=N–C) groups is 1. The van der Waals surface area contributed by atoms with Crippen LogP contribution in [-0.2, 0) is 0 Å². The Bertz CT molecular complexity index is 950. The summed E-state index contributed by atoms with van der Waals surface area (Å²) in [6.07, 6.45) is 3.76. The lowest BCUT2D eigenvalue weighted by molar-refractivity contribution is 0.765. The number of rotatable bonds is 2. The van der Waals surface area contributed by atoms with E-state index >= 15 is 0 Å². The number of aryl methyl sites for hydroxylation is 2. The number of nitrogens with one attached hydrogen (secondary N) is 1. The van der Waals surface area contributed by atoms with E-state index in [0.29, 0.717) is 5.17 Å². The van der Waals surface area contributed by atoms with Gasteiger partial charge in [-0.1, -0.05) is 29.5 Å². The van der Waals surface area contributed by atoms with Crippen LogP contribution in [0.1, 0.15) is 11.1 Å². The van der Waals surface area contributed by atoms with Gasteiger partial charge in [0.25, 0.3) is 0 Å². The van der Waals surface area contributed by atoms with Crippen LogP contribution in [0.2, 0.25) is 0 Å². The van der Waals surface area contributed by atoms with Crippen molar-refractivity contribution in [1.82, 2.24) is 20.3 Å². The van der Waals surface area contributed by atoms with Gasteiger partial charge in [-0.05, 0) is 49.9 Å². The second kappa shape index (κ2) is 6.72. The lowest BCUT2D eigenvalue weighted by Crippen LogP contribution is -2.12. The summed E-state index contributed by atoms with van der Waals surface area (Å²) in [4.78, 5) is 6.10. The van der Waals surface area contributed by atoms with Crippen LogP contribution in [0.15, 0.2) is 41.4 Å². The molecule has 0 aliphatic rings. The van der Waals surface area contributed by atoms with Crippen molar-refractivity contribution in [2.45, 2.75) is 13.8 Å². The Morgan fingerprint density at radius 3 is 2.46 bits per heavy atom. The summed E-state index contributed by atoms with van der Waals surface area (Å²) < 4.78 is 0. The molecule has 0 saturated heterocycles. The molecule has 0 saturated carbocycles. The van der Waals surface area contributed by atoms with Crippen molar-refractivity contribution in [2.24, 2.45) is 4.99 Å². The lowest BCUT2D eigenvalue weighted by atomic mass is 10.2. The average Bonchev–Trinajstić information content (AvgIpc) is 2.98. The van der Waals surface area contributed by atoms with Crippen molar-refractivity contribution in [2.75, 3.05) is 6.26 Å². The van der Waals surface area contributed by atoms with Gasteiger partial charge in [-0.25, -0.2) is 4.99 Å². The lowest BCUT2D eigenvalue weighted by Gasteiger charge is -2.02. The third kappa shape index (κ3) is 3.24. The van der Waals surface area contributed by atoms with Crippen LogP contribution in [0, 0.1) is 25.3 Å². The van der Waals surface area contributed by atoms with E-state index in [1.165, 1.54) is 17.3 Å². The average molecular weight is 336 g/mol. The van der Waals surface area contributed by atoms with Crippen LogP contribution in [0.5, 0.6) is 0 Å². The van der Waals surface area contributed by atoms with Gasteiger partial charge in [0, 0.05) is 0 Å². The summed E-state index contributed by atoms with van der Waals surface area (Å²) in [7, 11) is 0. The van der Waals surface area contributed by atoms with Crippen LogP contribution >= 0.6 is 11.8 Å². The molecule has 1 aromatic heterocycles. The van der Waals surface area contributed by atoms with Crippen molar-refractivity contribution in [3.63, 3.8) is 0 Å². The number of nitrogens with zero attached hydrogens (tertiary/aromatic N) is 5. The summed E-state index contributed by atoms with van der Waals surface area (Å²) in [6, 6.07) is 11.9. The Morgan fingerprint density at radius 1 is 1.17 bits per heavy atom. The third-order valence-electron chi connectivity index (χ3n) is 3.54. The van der Waals surface area contributed by atoms with E-state index in [1.807, 2.05) is 62.7 Å². The van der Waals surface area contributed by atoms with Gasteiger partial charge in [0.05, 0.1) is 11.4 Å². The Morgan fingerprint density at radius 2 is 1.83 bits per heavy atom. The predicted molar refractivity (Wildman–Crippen MR) is 97.7 cm³/mol. The van der Waals surface area contributed by atoms with Gasteiger partial charge < -0.3 is 0 Å². The molecule has 0 amide bonds. The normalized spacial score (nSPS) is 11.5. The summed E-state index contributed by atoms with van der Waals surface area (Å²) in [5, 5.41) is 20.9. The van der Waals surface area contributed by atoms with E-state index in [4.69, 9.17) is 5.26 Å². The van der Waals surface area contributed by atoms with Crippen LogP contribution in [0.25, 0.3) is 16.7 Å². The number of fused-ring (bicyclic) bond motifs is 1. The van der Waals surface area contributed by atoms with E-state index in [0.717, 1.165) is 28.0 Å². The molecule has 24 heavy (non-hydrogen) atoms. The summed E-state index contributed by atoms with van der Waals surface area (Å²) in [5.74, 6) is 0. The van der Waals surface area contributed by atoms with Crippen LogP contribution < -0.4 is 5.32 Å². The molecule has 6 nitrogen and oxygen atoms in total. The zero-order valence-corrected chi connectivity index (χ0v) is 14.4. The Hall–Kier alpha value is -2.85. The van der Waals surface area contributed by atoms with E-state index in [2.05, 4.69) is 20.5 Å². The first kappa shape index (κ1) is 16.0. The molecule has 3 rings (SSSR count). The SMILES string of the molecule is CSC(=Nc1cc2nn(-c3ccc(C)cc3)nc2cc1C)NC#N. The maximum Gasteiger partial charge on any atom is 0.183 e. The highest BCUT2D eigenvalue weighted by molar-refractivity contribution is 8.13. The molecule has 0 bridgehead atoms. The topological polar surface area (TPSA) is 78.9 Å². The van der Waals surface area contributed by atoms with Crippen LogP contribution in [0.4, 0.5) is 5.69 Å². The number of thioether (sulfide) groups is 1. The fourth-order valence-electron chi connectivity index (χ4n) is 2.25. The summed E-state index contributed by atoms with van der Waals surface area (Å²) in [5.41, 5.74) is 5.42. The number of benzene rings is 2. The zero-order chi connectivity index (χ0) is 17.1. The minimum atomic E-state index is 0.547. The first-order chi connectivity index (χ1) is 11.6. The maximum atomic E-state index is 8.75. The molecule has 0 spiro atoms. The van der Waals surface area contributed by atoms with Gasteiger partial charge in [-0.2, -0.15) is 10.1 Å². The molecule has 0 unspecified atom stereocenters. The first-order valence-electron chi connectivity index (χ1n) is 7.33. The molecule has 1 N–H and O–H groups in total. The molecule has 0 aliphatic carbocycles. The molecular weight excluding hydrogens is 320 g/mol. The second-order valence-electron chi connectivity index (χ2n) is 5.31. The van der Waals surface area contributed by atoms with Gasteiger partial charge in [-0.15, -0.1) is 10.2 Å². The van der Waals surface area contributed by atoms with Crippen molar-refractivity contribution in [3.05, 3.63) is 47.5 Å². The van der Waals surface area contributed by atoms with E-state index in [1.54, 1.807) is 4.80 Å². The van der Waals surface area contributed by atoms with Gasteiger partial charge in [0.15, 0.2) is 11.4 Å². The minimum Gasteiger partial charge on any atom is -0.271 e. The predicted octanol–water partition coefficient (Wildman–Crippen LogP) is 3.46. The molecule has 0 atom stereocenters. The molecule has 0 fully saturated rings. The number of aromatic nitrogens is 3. The number of hydrogen-bond acceptors (Lipinski definition) is 5. The largest absolute Gasteiger partial charge is 0.271 e. The Kier molecular flexibility index (Phi) is 4.49. The van der Waals surface area contributed by atoms with Gasteiger partial charge in [0.1, 0.15) is 11.0 Å². The summed E-state index contributed by atoms with van der Waals surface area (Å²) in [6.45, 7) is 4.01. The second-order valence-corrected chi connectivity index (χ2v) is 6.11. The van der Waals surface area contributed by atoms with E-state index in [9.17, 15) is 0 Å².